The Hall–Kier alpha value is -2.42. The van der Waals surface area contributed by atoms with Gasteiger partial charge in [0.1, 0.15) is 0 Å². The largest absolute Gasteiger partial charge is 0.461 e. The van der Waals surface area contributed by atoms with Crippen molar-refractivity contribution in [2.75, 3.05) is 0 Å². The molecule has 0 atom stereocenters. The number of pyridine rings is 1. The monoisotopic (exact) mass is 223 g/mol. The fourth-order valence-electron chi connectivity index (χ4n) is 1.83. The quantitative estimate of drug-likeness (QED) is 0.627. The van der Waals surface area contributed by atoms with E-state index in [1.165, 1.54) is 6.26 Å². The third kappa shape index (κ3) is 1.61. The number of benzene rings is 1. The van der Waals surface area contributed by atoms with E-state index in [1.54, 1.807) is 24.4 Å². The van der Waals surface area contributed by atoms with Crippen molar-refractivity contribution in [3.63, 3.8) is 0 Å². The number of aromatic nitrogens is 1. The van der Waals surface area contributed by atoms with Crippen LogP contribution in [-0.4, -0.2) is 10.8 Å². The second kappa shape index (κ2) is 3.87. The van der Waals surface area contributed by atoms with Gasteiger partial charge in [0.05, 0.1) is 17.3 Å². The van der Waals surface area contributed by atoms with Crippen LogP contribution in [0.15, 0.2) is 59.3 Å². The zero-order chi connectivity index (χ0) is 11.7. The second-order valence-electron chi connectivity index (χ2n) is 3.69. The van der Waals surface area contributed by atoms with Crippen LogP contribution in [0.5, 0.6) is 0 Å². The van der Waals surface area contributed by atoms with Crippen molar-refractivity contribution in [2.24, 2.45) is 0 Å². The number of rotatable bonds is 2. The predicted octanol–water partition coefficient (Wildman–Crippen LogP) is 3.06. The maximum atomic E-state index is 12.2. The topological polar surface area (TPSA) is 43.1 Å². The summed E-state index contributed by atoms with van der Waals surface area (Å²) in [5.41, 5.74) is 1.27. The molecule has 3 rings (SSSR count). The molecule has 2 aromatic heterocycles. The number of nitrogens with zero attached hydrogens (tertiary/aromatic N) is 1. The van der Waals surface area contributed by atoms with Gasteiger partial charge < -0.3 is 4.42 Å². The summed E-state index contributed by atoms with van der Waals surface area (Å²) < 4.78 is 5.12. The average Bonchev–Trinajstić information content (AvgIpc) is 2.91. The first-order valence-corrected chi connectivity index (χ1v) is 5.28. The number of fused-ring (bicyclic) bond motifs is 1. The maximum absolute atomic E-state index is 12.2. The Kier molecular flexibility index (Phi) is 2.22. The van der Waals surface area contributed by atoms with Gasteiger partial charge in [-0.25, -0.2) is 0 Å². The van der Waals surface area contributed by atoms with E-state index in [4.69, 9.17) is 4.42 Å². The van der Waals surface area contributed by atoms with Gasteiger partial charge in [-0.05, 0) is 24.3 Å². The summed E-state index contributed by atoms with van der Waals surface area (Å²) in [7, 11) is 0. The lowest BCUT2D eigenvalue weighted by molar-refractivity contribution is 0.101. The Morgan fingerprint density at radius 3 is 2.76 bits per heavy atom. The van der Waals surface area contributed by atoms with Gasteiger partial charge in [-0.3, -0.25) is 9.78 Å². The van der Waals surface area contributed by atoms with Crippen LogP contribution in [0.4, 0.5) is 0 Å². The lowest BCUT2D eigenvalue weighted by atomic mass is 10.0. The van der Waals surface area contributed by atoms with Gasteiger partial charge in [-0.15, -0.1) is 0 Å². The van der Waals surface area contributed by atoms with Gasteiger partial charge in [0, 0.05) is 11.6 Å². The summed E-state index contributed by atoms with van der Waals surface area (Å²) in [6, 6.07) is 12.7. The van der Waals surface area contributed by atoms with Gasteiger partial charge in [-0.1, -0.05) is 18.2 Å². The molecule has 17 heavy (non-hydrogen) atoms. The first kappa shape index (κ1) is 9.78. The summed E-state index contributed by atoms with van der Waals surface area (Å²) in [5.74, 6) is 0.197. The minimum Gasteiger partial charge on any atom is -0.461 e. The molecule has 3 heteroatoms. The van der Waals surface area contributed by atoms with Gasteiger partial charge in [0.15, 0.2) is 5.76 Å². The highest BCUT2D eigenvalue weighted by atomic mass is 16.3. The summed E-state index contributed by atoms with van der Waals surface area (Å²) in [4.78, 5) is 16.4. The zero-order valence-electron chi connectivity index (χ0n) is 8.96. The molecule has 0 spiro atoms. The third-order valence-corrected chi connectivity index (χ3v) is 2.62. The molecule has 0 saturated heterocycles. The predicted molar refractivity (Wildman–Crippen MR) is 63.9 cm³/mol. The van der Waals surface area contributed by atoms with E-state index < -0.39 is 0 Å². The molecular formula is C14H9NO2. The number of hydrogen-bond donors (Lipinski definition) is 0. The van der Waals surface area contributed by atoms with E-state index in [9.17, 15) is 4.79 Å². The van der Waals surface area contributed by atoms with Gasteiger partial charge >= 0.3 is 0 Å². The summed E-state index contributed by atoms with van der Waals surface area (Å²) >= 11 is 0. The fraction of sp³-hybridized carbons (Fsp3) is 0. The maximum Gasteiger partial charge on any atom is 0.230 e. The first-order chi connectivity index (χ1) is 8.36. The van der Waals surface area contributed by atoms with E-state index >= 15 is 0 Å². The molecule has 82 valence electrons. The van der Waals surface area contributed by atoms with Crippen molar-refractivity contribution >= 4 is 16.7 Å². The van der Waals surface area contributed by atoms with Crippen LogP contribution < -0.4 is 0 Å². The number of carbonyl (C=O) groups excluding carboxylic acids is 1. The Balaban J connectivity index is 2.21. The molecule has 0 amide bonds. The Morgan fingerprint density at radius 1 is 1.06 bits per heavy atom. The van der Waals surface area contributed by atoms with E-state index in [0.717, 1.165) is 5.39 Å². The first-order valence-electron chi connectivity index (χ1n) is 5.28. The molecule has 0 fully saturated rings. The standard InChI is InChI=1S/C14H9NO2/c16-14(12-7-3-9-17-12)11-6-1-4-10-5-2-8-15-13(10)11/h1-9H. The molecule has 0 aliphatic rings. The molecular weight excluding hydrogens is 214 g/mol. The third-order valence-electron chi connectivity index (χ3n) is 2.62. The van der Waals surface area contributed by atoms with Crippen molar-refractivity contribution in [1.29, 1.82) is 0 Å². The Morgan fingerprint density at radius 2 is 1.94 bits per heavy atom. The van der Waals surface area contributed by atoms with Crippen LogP contribution in [0, 0.1) is 0 Å². The highest BCUT2D eigenvalue weighted by molar-refractivity contribution is 6.14. The van der Waals surface area contributed by atoms with E-state index in [-0.39, 0.29) is 5.78 Å². The van der Waals surface area contributed by atoms with Crippen LogP contribution in [0.3, 0.4) is 0 Å². The van der Waals surface area contributed by atoms with Crippen LogP contribution >= 0.6 is 0 Å². The fourth-order valence-corrected chi connectivity index (χ4v) is 1.83. The smallest absolute Gasteiger partial charge is 0.230 e. The van der Waals surface area contributed by atoms with E-state index in [2.05, 4.69) is 4.98 Å². The molecule has 0 bridgehead atoms. The van der Waals surface area contributed by atoms with Crippen molar-refractivity contribution in [3.8, 4) is 0 Å². The van der Waals surface area contributed by atoms with Gasteiger partial charge in [0.2, 0.25) is 5.78 Å². The highest BCUT2D eigenvalue weighted by Crippen LogP contribution is 2.19. The van der Waals surface area contributed by atoms with Crippen LogP contribution in [-0.2, 0) is 0 Å². The van der Waals surface area contributed by atoms with Crippen LogP contribution in [0.2, 0.25) is 0 Å². The van der Waals surface area contributed by atoms with Crippen molar-refractivity contribution in [3.05, 3.63) is 66.2 Å². The van der Waals surface area contributed by atoms with Crippen LogP contribution in [0.1, 0.15) is 16.1 Å². The molecule has 0 unspecified atom stereocenters. The number of hydrogen-bond acceptors (Lipinski definition) is 3. The van der Waals surface area contributed by atoms with Gasteiger partial charge in [-0.2, -0.15) is 0 Å². The number of para-hydroxylation sites is 1. The lowest BCUT2D eigenvalue weighted by Gasteiger charge is -2.02. The minimum atomic E-state index is -0.140. The summed E-state index contributed by atoms with van der Waals surface area (Å²) in [6.45, 7) is 0. The lowest BCUT2D eigenvalue weighted by Crippen LogP contribution is -2.01. The van der Waals surface area contributed by atoms with Crippen molar-refractivity contribution in [2.45, 2.75) is 0 Å². The molecule has 0 aliphatic carbocycles. The summed E-state index contributed by atoms with van der Waals surface area (Å²) in [6.07, 6.45) is 3.17. The molecule has 3 aromatic rings. The van der Waals surface area contributed by atoms with Gasteiger partial charge in [0.25, 0.3) is 0 Å². The van der Waals surface area contributed by atoms with E-state index in [1.807, 2.05) is 24.3 Å². The Labute approximate surface area is 97.7 Å². The van der Waals surface area contributed by atoms with Crippen molar-refractivity contribution in [1.82, 2.24) is 4.98 Å². The second-order valence-corrected chi connectivity index (χ2v) is 3.69. The van der Waals surface area contributed by atoms with E-state index in [0.29, 0.717) is 16.8 Å². The zero-order valence-corrected chi connectivity index (χ0v) is 8.96. The Bertz CT molecular complexity index is 666. The molecule has 2 heterocycles. The molecule has 0 radical (unpaired) electrons. The van der Waals surface area contributed by atoms with Crippen LogP contribution in [0.25, 0.3) is 10.9 Å². The van der Waals surface area contributed by atoms with Crippen molar-refractivity contribution < 1.29 is 9.21 Å². The normalized spacial score (nSPS) is 10.6. The molecule has 0 N–H and O–H groups in total. The average molecular weight is 223 g/mol. The molecule has 0 aliphatic heterocycles. The molecule has 1 aromatic carbocycles. The number of furan rings is 1. The minimum absolute atomic E-state index is 0.140. The number of ketones is 1. The summed E-state index contributed by atoms with van der Waals surface area (Å²) in [5, 5.41) is 0.949. The SMILES string of the molecule is O=C(c1ccco1)c1cccc2cccnc12. The molecule has 0 saturated carbocycles. The number of carbonyl (C=O) groups is 1. The molecule has 3 nitrogen and oxygen atoms in total. The highest BCUT2D eigenvalue weighted by Gasteiger charge is 2.15.